The Morgan fingerprint density at radius 2 is 1.88 bits per heavy atom. The van der Waals surface area contributed by atoms with E-state index in [4.69, 9.17) is 9.47 Å². The van der Waals surface area contributed by atoms with E-state index in [-0.39, 0.29) is 23.8 Å². The number of hydrogen-bond donors (Lipinski definition) is 3. The summed E-state index contributed by atoms with van der Waals surface area (Å²) in [6.45, 7) is 5.48. The molecular formula is C31H36N4O5. The minimum atomic E-state index is -0.532. The summed E-state index contributed by atoms with van der Waals surface area (Å²) in [5.41, 5.74) is 3.82. The fourth-order valence-corrected chi connectivity index (χ4v) is 5.16. The lowest BCUT2D eigenvalue weighted by Gasteiger charge is -2.33. The molecule has 40 heavy (non-hydrogen) atoms. The van der Waals surface area contributed by atoms with Gasteiger partial charge >= 0.3 is 6.03 Å². The largest absolute Gasteiger partial charge is 0.458 e. The highest BCUT2D eigenvalue weighted by molar-refractivity contribution is 6.32. The normalized spacial score (nSPS) is 19.6. The number of rotatable bonds is 9. The molecule has 5 rings (SSSR count). The molecule has 3 amide bonds. The average Bonchev–Trinajstić information content (AvgIpc) is 3.55. The number of urea groups is 1. The van der Waals surface area contributed by atoms with E-state index < -0.39 is 6.29 Å². The Bertz CT molecular complexity index is 1330. The highest BCUT2D eigenvalue weighted by Crippen LogP contribution is 2.38. The number of Topliss-reactive ketones (excluding diaryl/α,β-unsaturated/α-hetero) is 1. The van der Waals surface area contributed by atoms with Crippen molar-refractivity contribution < 1.29 is 23.9 Å². The van der Waals surface area contributed by atoms with Crippen LogP contribution in [0.3, 0.4) is 0 Å². The minimum absolute atomic E-state index is 0.00713. The summed E-state index contributed by atoms with van der Waals surface area (Å²) in [5, 5.41) is 9.46. The van der Waals surface area contributed by atoms with Crippen molar-refractivity contribution in [3.8, 4) is 0 Å². The number of hydrogen-bond acceptors (Lipinski definition) is 6. The second kappa shape index (κ2) is 12.3. The Kier molecular flexibility index (Phi) is 8.38. The molecule has 210 valence electrons. The molecule has 3 heterocycles. The summed E-state index contributed by atoms with van der Waals surface area (Å²) in [6.07, 6.45) is 4.98. The summed E-state index contributed by atoms with van der Waals surface area (Å²) in [4.78, 5) is 39.8. The number of benzene rings is 2. The van der Waals surface area contributed by atoms with Gasteiger partial charge in [0.1, 0.15) is 6.26 Å². The van der Waals surface area contributed by atoms with E-state index in [0.29, 0.717) is 72.7 Å². The summed E-state index contributed by atoms with van der Waals surface area (Å²) in [7, 11) is 0. The van der Waals surface area contributed by atoms with Crippen LogP contribution in [0.15, 0.2) is 66.2 Å². The van der Waals surface area contributed by atoms with Gasteiger partial charge in [0, 0.05) is 48.9 Å². The number of unbranched alkanes of at least 4 members (excludes halogenated alkanes) is 1. The highest BCUT2D eigenvalue weighted by atomic mass is 16.7. The van der Waals surface area contributed by atoms with Crippen molar-refractivity contribution >= 4 is 29.0 Å². The number of fused-ring (bicyclic) bond motifs is 1. The molecule has 0 spiro atoms. The molecule has 3 N–H and O–H groups in total. The van der Waals surface area contributed by atoms with Crippen LogP contribution in [0.4, 0.5) is 10.5 Å². The van der Waals surface area contributed by atoms with Crippen molar-refractivity contribution in [2.24, 2.45) is 0 Å². The zero-order valence-electron chi connectivity index (χ0n) is 23.0. The first-order valence-corrected chi connectivity index (χ1v) is 14.0. The standard InChI is InChI=1S/C31H36N4O5/c1-3-4-14-32-31(38)35-15-12-23(13-16-35)33-29(26-19-39-27(40-26)17-21-8-6-5-7-9-21)28-24-18-22(20(2)36)10-11-25(24)34-30(28)37/h5-11,18-19,23,27,33H,3-4,12-17H2,1-2H3,(H,32,38)(H,34,37). The van der Waals surface area contributed by atoms with Gasteiger partial charge in [-0.1, -0.05) is 43.7 Å². The monoisotopic (exact) mass is 544 g/mol. The SMILES string of the molecule is CCCCNC(=O)N1CCC(NC(C2=COC(Cc3ccccc3)O2)=C2C(=O)Nc3ccc(C(C)=O)cc32)CC1. The molecule has 1 atom stereocenters. The smallest absolute Gasteiger partial charge is 0.317 e. The summed E-state index contributed by atoms with van der Waals surface area (Å²) in [6, 6.07) is 15.1. The van der Waals surface area contributed by atoms with Gasteiger partial charge < -0.3 is 30.3 Å². The fourth-order valence-electron chi connectivity index (χ4n) is 5.16. The van der Waals surface area contributed by atoms with E-state index in [1.54, 1.807) is 24.5 Å². The fraction of sp³-hybridized carbons (Fsp3) is 0.387. The first-order chi connectivity index (χ1) is 19.4. The van der Waals surface area contributed by atoms with E-state index in [2.05, 4.69) is 22.9 Å². The molecule has 9 heteroatoms. The molecular weight excluding hydrogens is 508 g/mol. The molecule has 3 aliphatic heterocycles. The van der Waals surface area contributed by atoms with Gasteiger partial charge in [-0.25, -0.2) is 4.79 Å². The molecule has 1 fully saturated rings. The summed E-state index contributed by atoms with van der Waals surface area (Å²) < 4.78 is 12.1. The van der Waals surface area contributed by atoms with Gasteiger partial charge in [0.15, 0.2) is 11.5 Å². The molecule has 0 aliphatic carbocycles. The van der Waals surface area contributed by atoms with Crippen LogP contribution in [0.2, 0.25) is 0 Å². The van der Waals surface area contributed by atoms with Crippen LogP contribution in [0.1, 0.15) is 61.0 Å². The quantitative estimate of drug-likeness (QED) is 0.242. The topological polar surface area (TPSA) is 109 Å². The summed E-state index contributed by atoms with van der Waals surface area (Å²) in [5.74, 6) is 0.0806. The van der Waals surface area contributed by atoms with Crippen LogP contribution >= 0.6 is 0 Å². The number of nitrogens with one attached hydrogen (secondary N) is 3. The molecule has 2 aromatic carbocycles. The minimum Gasteiger partial charge on any atom is -0.458 e. The van der Waals surface area contributed by atoms with Gasteiger partial charge in [-0.15, -0.1) is 0 Å². The Morgan fingerprint density at radius 3 is 2.60 bits per heavy atom. The van der Waals surface area contributed by atoms with E-state index >= 15 is 0 Å². The second-order valence-electron chi connectivity index (χ2n) is 10.4. The van der Waals surface area contributed by atoms with Crippen molar-refractivity contribution in [3.63, 3.8) is 0 Å². The van der Waals surface area contributed by atoms with E-state index in [1.165, 1.54) is 6.92 Å². The maximum absolute atomic E-state index is 13.3. The Morgan fingerprint density at radius 1 is 1.10 bits per heavy atom. The second-order valence-corrected chi connectivity index (χ2v) is 10.4. The van der Waals surface area contributed by atoms with Gasteiger partial charge in [0.25, 0.3) is 5.91 Å². The van der Waals surface area contributed by atoms with Crippen LogP contribution < -0.4 is 16.0 Å². The third-order valence-corrected chi connectivity index (χ3v) is 7.43. The van der Waals surface area contributed by atoms with E-state index in [1.807, 2.05) is 35.2 Å². The van der Waals surface area contributed by atoms with Crippen LogP contribution in [0.25, 0.3) is 5.57 Å². The molecule has 9 nitrogen and oxygen atoms in total. The molecule has 0 aromatic heterocycles. The lowest BCUT2D eigenvalue weighted by molar-refractivity contribution is -0.110. The van der Waals surface area contributed by atoms with E-state index in [9.17, 15) is 14.4 Å². The predicted octanol–water partition coefficient (Wildman–Crippen LogP) is 4.57. The van der Waals surface area contributed by atoms with Crippen LogP contribution in [-0.4, -0.2) is 54.6 Å². The number of ketones is 1. The van der Waals surface area contributed by atoms with Crippen LogP contribution in [-0.2, 0) is 20.7 Å². The maximum atomic E-state index is 13.3. The number of ether oxygens (including phenoxy) is 2. The zero-order valence-corrected chi connectivity index (χ0v) is 23.0. The number of likely N-dealkylation sites (tertiary alicyclic amines) is 1. The highest BCUT2D eigenvalue weighted by Gasteiger charge is 2.35. The van der Waals surface area contributed by atoms with Gasteiger partial charge in [-0.3, -0.25) is 9.59 Å². The lowest BCUT2D eigenvalue weighted by Crippen LogP contribution is -2.48. The molecule has 3 aliphatic rings. The van der Waals surface area contributed by atoms with Crippen molar-refractivity contribution in [1.29, 1.82) is 0 Å². The molecule has 2 aromatic rings. The molecule has 1 unspecified atom stereocenters. The number of amides is 3. The van der Waals surface area contributed by atoms with Gasteiger partial charge in [0.05, 0.1) is 11.3 Å². The van der Waals surface area contributed by atoms with Crippen LogP contribution in [0, 0.1) is 0 Å². The average molecular weight is 545 g/mol. The van der Waals surface area contributed by atoms with E-state index in [0.717, 1.165) is 18.4 Å². The molecule has 1 saturated heterocycles. The Hall–Kier alpha value is -4.27. The zero-order chi connectivity index (χ0) is 28.1. The van der Waals surface area contributed by atoms with Crippen LogP contribution in [0.5, 0.6) is 0 Å². The lowest BCUT2D eigenvalue weighted by atomic mass is 9.98. The number of nitrogens with zero attached hydrogens (tertiary/aromatic N) is 1. The van der Waals surface area contributed by atoms with Gasteiger partial charge in [0.2, 0.25) is 6.29 Å². The third-order valence-electron chi connectivity index (χ3n) is 7.43. The molecule has 0 bridgehead atoms. The maximum Gasteiger partial charge on any atom is 0.317 e. The number of carbonyl (C=O) groups is 3. The first kappa shape index (κ1) is 27.3. The molecule has 0 radical (unpaired) electrons. The van der Waals surface area contributed by atoms with Gasteiger partial charge in [-0.05, 0) is 49.9 Å². The Labute approximate surface area is 234 Å². The third kappa shape index (κ3) is 6.14. The number of anilines is 1. The number of carbonyl (C=O) groups excluding carboxylic acids is 3. The van der Waals surface area contributed by atoms with Crippen molar-refractivity contribution in [3.05, 3.63) is 82.9 Å². The molecule has 0 saturated carbocycles. The van der Waals surface area contributed by atoms with Crippen molar-refractivity contribution in [2.45, 2.75) is 58.3 Å². The summed E-state index contributed by atoms with van der Waals surface area (Å²) >= 11 is 0. The van der Waals surface area contributed by atoms with Crippen molar-refractivity contribution in [2.75, 3.05) is 25.0 Å². The van der Waals surface area contributed by atoms with Gasteiger partial charge in [-0.2, -0.15) is 0 Å². The number of piperidine rings is 1. The predicted molar refractivity (Wildman–Crippen MR) is 152 cm³/mol. The Balaban J connectivity index is 1.38. The van der Waals surface area contributed by atoms with Crippen molar-refractivity contribution in [1.82, 2.24) is 15.5 Å². The first-order valence-electron chi connectivity index (χ1n) is 14.0.